The zero-order valence-electron chi connectivity index (χ0n) is 14.3. The second-order valence-electron chi connectivity index (χ2n) is 6.86. The normalized spacial score (nSPS) is 24.3. The molecule has 0 bridgehead atoms. The molecule has 1 aliphatic heterocycles. The first-order chi connectivity index (χ1) is 12.7. The van der Waals surface area contributed by atoms with Gasteiger partial charge in [-0.1, -0.05) is 12.1 Å². The largest absolute Gasteiger partial charge is 0.481 e. The number of hydrogen-bond acceptors (Lipinski definition) is 5. The number of carbonyl (C=O) groups is 1. The van der Waals surface area contributed by atoms with Gasteiger partial charge in [-0.15, -0.1) is 0 Å². The van der Waals surface area contributed by atoms with Crippen molar-refractivity contribution in [2.75, 3.05) is 25.0 Å². The van der Waals surface area contributed by atoms with E-state index in [4.69, 9.17) is 4.74 Å². The van der Waals surface area contributed by atoms with Gasteiger partial charge in [0, 0.05) is 37.4 Å². The highest BCUT2D eigenvalue weighted by molar-refractivity contribution is 5.78. The molecule has 26 heavy (non-hydrogen) atoms. The van der Waals surface area contributed by atoms with Crippen LogP contribution < -0.4 is 10.1 Å². The summed E-state index contributed by atoms with van der Waals surface area (Å²) in [6, 6.07) is 6.43. The van der Waals surface area contributed by atoms with Crippen molar-refractivity contribution in [3.8, 4) is 5.75 Å². The number of rotatable bonds is 5. The number of nitrogens with one attached hydrogen (secondary N) is 1. The molecule has 4 rings (SSSR count). The third kappa shape index (κ3) is 3.47. The Bertz CT molecular complexity index is 773. The number of likely N-dealkylation sites (tertiary alicyclic amines) is 1. The van der Waals surface area contributed by atoms with Crippen molar-refractivity contribution in [1.29, 1.82) is 0 Å². The lowest BCUT2D eigenvalue weighted by Crippen LogP contribution is -2.36. The molecule has 0 radical (unpaired) electrons. The number of aromatic nitrogens is 2. The molecule has 2 heterocycles. The minimum absolute atomic E-state index is 0.0964. The Morgan fingerprint density at radius 3 is 2.96 bits per heavy atom. The Morgan fingerprint density at radius 1 is 1.27 bits per heavy atom. The lowest BCUT2D eigenvalue weighted by atomic mass is 9.98. The average molecular weight is 356 g/mol. The molecule has 6 nitrogen and oxygen atoms in total. The summed E-state index contributed by atoms with van der Waals surface area (Å²) >= 11 is 0. The predicted octanol–water partition coefficient (Wildman–Crippen LogP) is 2.34. The van der Waals surface area contributed by atoms with E-state index >= 15 is 0 Å². The maximum absolute atomic E-state index is 13.6. The molecule has 1 aromatic heterocycles. The summed E-state index contributed by atoms with van der Waals surface area (Å²) in [6.45, 7) is 1.30. The van der Waals surface area contributed by atoms with Crippen molar-refractivity contribution < 1.29 is 13.9 Å². The van der Waals surface area contributed by atoms with E-state index in [0.29, 0.717) is 24.4 Å². The van der Waals surface area contributed by atoms with Crippen LogP contribution in [0.2, 0.25) is 0 Å². The Labute approximate surface area is 151 Å². The van der Waals surface area contributed by atoms with Gasteiger partial charge in [-0.05, 0) is 30.9 Å². The van der Waals surface area contributed by atoms with E-state index in [-0.39, 0.29) is 18.3 Å². The third-order valence-corrected chi connectivity index (χ3v) is 5.29. The van der Waals surface area contributed by atoms with Crippen molar-refractivity contribution in [2.24, 2.45) is 11.8 Å². The molecular weight excluding hydrogens is 335 g/mol. The van der Waals surface area contributed by atoms with E-state index in [2.05, 4.69) is 15.3 Å². The van der Waals surface area contributed by atoms with Gasteiger partial charge in [-0.3, -0.25) is 9.78 Å². The van der Waals surface area contributed by atoms with E-state index in [1.54, 1.807) is 30.7 Å². The van der Waals surface area contributed by atoms with Gasteiger partial charge in [0.05, 0.1) is 6.20 Å². The predicted molar refractivity (Wildman–Crippen MR) is 94.1 cm³/mol. The van der Waals surface area contributed by atoms with Gasteiger partial charge in [-0.25, -0.2) is 9.37 Å². The van der Waals surface area contributed by atoms with Gasteiger partial charge < -0.3 is 15.0 Å². The summed E-state index contributed by atoms with van der Waals surface area (Å²) in [6.07, 6.45) is 7.18. The van der Waals surface area contributed by atoms with Crippen LogP contribution in [-0.2, 0) is 4.79 Å². The van der Waals surface area contributed by atoms with Crippen LogP contribution in [0.4, 0.5) is 10.2 Å². The molecule has 0 spiro atoms. The summed E-state index contributed by atoms with van der Waals surface area (Å²) in [5.41, 5.74) is 0. The lowest BCUT2D eigenvalue weighted by molar-refractivity contribution is -0.132. The lowest BCUT2D eigenvalue weighted by Gasteiger charge is -2.22. The molecule has 1 aliphatic carbocycles. The highest BCUT2D eigenvalue weighted by Crippen LogP contribution is 2.39. The van der Waals surface area contributed by atoms with E-state index in [1.165, 1.54) is 12.1 Å². The van der Waals surface area contributed by atoms with Crippen LogP contribution in [-0.4, -0.2) is 46.5 Å². The van der Waals surface area contributed by atoms with Gasteiger partial charge in [-0.2, -0.15) is 0 Å². The maximum Gasteiger partial charge on any atom is 0.260 e. The first-order valence-electron chi connectivity index (χ1n) is 8.88. The van der Waals surface area contributed by atoms with E-state index in [1.807, 2.05) is 4.90 Å². The van der Waals surface area contributed by atoms with Crippen LogP contribution >= 0.6 is 0 Å². The third-order valence-electron chi connectivity index (χ3n) is 5.29. The number of benzene rings is 1. The number of ether oxygens (including phenoxy) is 1. The average Bonchev–Trinajstić information content (AvgIpc) is 3.24. The molecule has 1 aromatic carbocycles. The number of nitrogens with zero attached hydrogens (tertiary/aromatic N) is 3. The quantitative estimate of drug-likeness (QED) is 0.891. The standard InChI is InChI=1S/C19H21FN4O2/c20-15-3-1-2-4-17(15)26-12-19(25)24-10-13-5-6-16(14(13)11-24)23-18-9-21-7-8-22-18/h1-4,7-9,13-14,16H,5-6,10-12H2,(H,22,23)/t13-,14+,16+/m0/s1. The molecular formula is C19H21FN4O2. The SMILES string of the molecule is O=C(COc1ccccc1F)N1C[C@@H]2CC[C@@H](Nc3cnccn3)[C@@H]2C1. The molecule has 2 aliphatic rings. The molecule has 1 saturated heterocycles. The number of anilines is 1. The van der Waals surface area contributed by atoms with Gasteiger partial charge in [0.1, 0.15) is 5.82 Å². The molecule has 1 saturated carbocycles. The monoisotopic (exact) mass is 356 g/mol. The molecule has 2 aromatic rings. The Hall–Kier alpha value is -2.70. The fourth-order valence-corrected chi connectivity index (χ4v) is 4.00. The summed E-state index contributed by atoms with van der Waals surface area (Å²) in [5.74, 6) is 1.22. The van der Waals surface area contributed by atoms with Crippen molar-refractivity contribution >= 4 is 11.7 Å². The molecule has 136 valence electrons. The Balaban J connectivity index is 1.33. The number of fused-ring (bicyclic) bond motifs is 1. The number of hydrogen-bond donors (Lipinski definition) is 1. The number of amides is 1. The maximum atomic E-state index is 13.6. The van der Waals surface area contributed by atoms with E-state index < -0.39 is 5.82 Å². The van der Waals surface area contributed by atoms with Crippen LogP contribution in [0.1, 0.15) is 12.8 Å². The number of halogens is 1. The van der Waals surface area contributed by atoms with Crippen LogP contribution in [0.5, 0.6) is 5.75 Å². The summed E-state index contributed by atoms with van der Waals surface area (Å²) < 4.78 is 18.9. The van der Waals surface area contributed by atoms with Gasteiger partial charge in [0.2, 0.25) is 0 Å². The van der Waals surface area contributed by atoms with Crippen LogP contribution in [0.25, 0.3) is 0 Å². The van der Waals surface area contributed by atoms with Gasteiger partial charge in [0.15, 0.2) is 18.2 Å². The number of para-hydroxylation sites is 1. The topological polar surface area (TPSA) is 67.3 Å². The minimum Gasteiger partial charge on any atom is -0.481 e. The summed E-state index contributed by atoms with van der Waals surface area (Å²) in [7, 11) is 0. The second-order valence-corrected chi connectivity index (χ2v) is 6.86. The molecule has 2 fully saturated rings. The van der Waals surface area contributed by atoms with Crippen LogP contribution in [0, 0.1) is 17.7 Å². The fourth-order valence-electron chi connectivity index (χ4n) is 4.00. The Morgan fingerprint density at radius 2 is 2.15 bits per heavy atom. The first kappa shape index (κ1) is 16.8. The van der Waals surface area contributed by atoms with Crippen molar-refractivity contribution in [1.82, 2.24) is 14.9 Å². The van der Waals surface area contributed by atoms with Crippen molar-refractivity contribution in [3.05, 3.63) is 48.7 Å². The van der Waals surface area contributed by atoms with Crippen molar-refractivity contribution in [3.63, 3.8) is 0 Å². The smallest absolute Gasteiger partial charge is 0.260 e. The minimum atomic E-state index is -0.452. The summed E-state index contributed by atoms with van der Waals surface area (Å²) in [5, 5.41) is 3.44. The molecule has 3 atom stereocenters. The zero-order valence-corrected chi connectivity index (χ0v) is 14.3. The second kappa shape index (κ2) is 7.27. The van der Waals surface area contributed by atoms with E-state index in [0.717, 1.165) is 25.2 Å². The Kier molecular flexibility index (Phi) is 4.69. The summed E-state index contributed by atoms with van der Waals surface area (Å²) in [4.78, 5) is 22.6. The van der Waals surface area contributed by atoms with Gasteiger partial charge >= 0.3 is 0 Å². The van der Waals surface area contributed by atoms with Gasteiger partial charge in [0.25, 0.3) is 5.91 Å². The zero-order chi connectivity index (χ0) is 17.9. The van der Waals surface area contributed by atoms with Crippen LogP contribution in [0.3, 0.4) is 0 Å². The first-order valence-corrected chi connectivity index (χ1v) is 8.88. The molecule has 1 amide bonds. The number of carbonyl (C=O) groups excluding carboxylic acids is 1. The van der Waals surface area contributed by atoms with Crippen LogP contribution in [0.15, 0.2) is 42.9 Å². The molecule has 1 N–H and O–H groups in total. The highest BCUT2D eigenvalue weighted by atomic mass is 19.1. The molecule has 0 unspecified atom stereocenters. The van der Waals surface area contributed by atoms with E-state index in [9.17, 15) is 9.18 Å². The molecule has 7 heteroatoms. The highest BCUT2D eigenvalue weighted by Gasteiger charge is 2.44. The fraction of sp³-hybridized carbons (Fsp3) is 0.421. The van der Waals surface area contributed by atoms with Crippen molar-refractivity contribution in [2.45, 2.75) is 18.9 Å².